The first-order valence-corrected chi connectivity index (χ1v) is 25.5. The summed E-state index contributed by atoms with van der Waals surface area (Å²) < 4.78 is 17.3. The summed E-state index contributed by atoms with van der Waals surface area (Å²) in [6, 6.07) is 0. The van der Waals surface area contributed by atoms with E-state index in [2.05, 4.69) is 87.6 Å². The average molecular weight is 837 g/mol. The van der Waals surface area contributed by atoms with Crippen LogP contribution in [-0.2, 0) is 23.8 Å². The highest BCUT2D eigenvalue weighted by molar-refractivity contribution is 5.70. The lowest BCUT2D eigenvalue weighted by Crippen LogP contribution is -2.30. The predicted octanol–water partition coefficient (Wildman–Crippen LogP) is 17.1. The van der Waals surface area contributed by atoms with Crippen LogP contribution in [0.4, 0.5) is 0 Å². The van der Waals surface area contributed by atoms with Gasteiger partial charge in [0, 0.05) is 19.4 Å². The molecule has 0 fully saturated rings. The molecule has 5 nitrogen and oxygen atoms in total. The number of ether oxygens (including phenoxy) is 3. The maximum atomic E-state index is 12.7. The van der Waals surface area contributed by atoms with E-state index in [1.807, 2.05) is 6.08 Å². The zero-order chi connectivity index (χ0) is 43.5. The SMILES string of the molecule is CC/C=C\C/C=C\C/C=C\C/C=C\CCC(=O)OC(COCCCCCCCCCCCCCCCC)COC(=O)CCCCCCCCC/C=C\C/C=C\CCCCC. The molecule has 0 aromatic carbocycles. The van der Waals surface area contributed by atoms with Crippen LogP contribution in [0.3, 0.4) is 0 Å². The highest BCUT2D eigenvalue weighted by Gasteiger charge is 2.17. The molecule has 0 heterocycles. The van der Waals surface area contributed by atoms with Crippen molar-refractivity contribution in [2.24, 2.45) is 0 Å². The molecule has 1 atom stereocenters. The third kappa shape index (κ3) is 48.0. The molecule has 0 saturated heterocycles. The maximum Gasteiger partial charge on any atom is 0.306 e. The summed E-state index contributed by atoms with van der Waals surface area (Å²) in [7, 11) is 0. The summed E-state index contributed by atoms with van der Waals surface area (Å²) >= 11 is 0. The van der Waals surface area contributed by atoms with Crippen molar-refractivity contribution >= 4 is 11.9 Å². The molecular weight excluding hydrogens is 741 g/mol. The fraction of sp³-hybridized carbons (Fsp3) is 0.745. The van der Waals surface area contributed by atoms with E-state index >= 15 is 0 Å². The maximum absolute atomic E-state index is 12.7. The standard InChI is InChI=1S/C55H96O5/c1-4-7-10-13-16-19-22-25-27-28-29-31-33-36-39-42-45-48-54(56)59-52-53(51-58-50-47-44-41-38-35-32-26-23-20-17-14-11-8-5-2)60-55(57)49-46-43-40-37-34-30-24-21-18-15-12-9-6-3/h9,12,16,18-19,21,25,27,30,34,40,43,53H,4-8,10-11,13-15,17,20,22-24,26,28-29,31-33,35-39,41-42,44-52H2,1-3H3/b12-9-,19-16-,21-18-,27-25-,34-30-,43-40-. The van der Waals surface area contributed by atoms with E-state index in [0.717, 1.165) is 64.2 Å². The summed E-state index contributed by atoms with van der Waals surface area (Å²) in [4.78, 5) is 25.3. The van der Waals surface area contributed by atoms with Crippen LogP contribution in [0.2, 0.25) is 0 Å². The minimum Gasteiger partial charge on any atom is -0.462 e. The fourth-order valence-electron chi connectivity index (χ4n) is 6.97. The van der Waals surface area contributed by atoms with Gasteiger partial charge in [-0.15, -0.1) is 0 Å². The first-order chi connectivity index (χ1) is 29.6. The van der Waals surface area contributed by atoms with Gasteiger partial charge in [-0.3, -0.25) is 9.59 Å². The Hall–Kier alpha value is -2.66. The van der Waals surface area contributed by atoms with Gasteiger partial charge in [0.2, 0.25) is 0 Å². The number of esters is 2. The minimum absolute atomic E-state index is 0.0526. The molecule has 0 amide bonds. The first kappa shape index (κ1) is 57.3. The van der Waals surface area contributed by atoms with Gasteiger partial charge < -0.3 is 14.2 Å². The van der Waals surface area contributed by atoms with Crippen LogP contribution in [0.15, 0.2) is 72.9 Å². The molecule has 346 valence electrons. The molecule has 5 heteroatoms. The fourth-order valence-corrected chi connectivity index (χ4v) is 6.97. The Balaban J connectivity index is 4.33. The summed E-state index contributed by atoms with van der Waals surface area (Å²) in [5, 5.41) is 0. The third-order valence-corrected chi connectivity index (χ3v) is 10.7. The molecule has 0 aliphatic rings. The third-order valence-electron chi connectivity index (χ3n) is 10.7. The van der Waals surface area contributed by atoms with E-state index in [0.29, 0.717) is 25.9 Å². The summed E-state index contributed by atoms with van der Waals surface area (Å²) in [5.41, 5.74) is 0. The van der Waals surface area contributed by atoms with E-state index in [-0.39, 0.29) is 25.2 Å². The van der Waals surface area contributed by atoms with Crippen LogP contribution in [0.5, 0.6) is 0 Å². The van der Waals surface area contributed by atoms with Crippen LogP contribution in [0, 0.1) is 0 Å². The number of hydrogen-bond acceptors (Lipinski definition) is 5. The second-order valence-corrected chi connectivity index (χ2v) is 16.7. The van der Waals surface area contributed by atoms with E-state index in [1.165, 1.54) is 135 Å². The van der Waals surface area contributed by atoms with Crippen molar-refractivity contribution in [2.75, 3.05) is 19.8 Å². The highest BCUT2D eigenvalue weighted by atomic mass is 16.6. The lowest BCUT2D eigenvalue weighted by Gasteiger charge is -2.18. The molecule has 0 aliphatic heterocycles. The quantitative estimate of drug-likeness (QED) is 0.0347. The van der Waals surface area contributed by atoms with Crippen LogP contribution < -0.4 is 0 Å². The zero-order valence-electron chi connectivity index (χ0n) is 39.7. The molecule has 0 radical (unpaired) electrons. The van der Waals surface area contributed by atoms with Crippen molar-refractivity contribution in [2.45, 2.75) is 245 Å². The second kappa shape index (κ2) is 50.7. The number of unbranched alkanes of at least 4 members (excludes halogenated alkanes) is 23. The Morgan fingerprint density at radius 1 is 0.383 bits per heavy atom. The van der Waals surface area contributed by atoms with Gasteiger partial charge >= 0.3 is 11.9 Å². The van der Waals surface area contributed by atoms with Gasteiger partial charge in [-0.05, 0) is 77.0 Å². The minimum atomic E-state index is -0.576. The molecule has 0 aromatic rings. The van der Waals surface area contributed by atoms with Crippen molar-refractivity contribution in [3.8, 4) is 0 Å². The number of rotatable bonds is 46. The van der Waals surface area contributed by atoms with Crippen molar-refractivity contribution in [3.63, 3.8) is 0 Å². The van der Waals surface area contributed by atoms with Crippen LogP contribution >= 0.6 is 0 Å². The molecule has 0 rings (SSSR count). The summed E-state index contributed by atoms with van der Waals surface area (Å²) in [6.07, 6.45) is 64.9. The van der Waals surface area contributed by atoms with Gasteiger partial charge in [-0.2, -0.15) is 0 Å². The molecule has 0 saturated carbocycles. The zero-order valence-corrected chi connectivity index (χ0v) is 39.7. The predicted molar refractivity (Wildman–Crippen MR) is 260 cm³/mol. The first-order valence-electron chi connectivity index (χ1n) is 25.5. The molecule has 0 N–H and O–H groups in total. The Morgan fingerprint density at radius 2 is 0.783 bits per heavy atom. The molecular formula is C55H96O5. The molecule has 0 aliphatic carbocycles. The van der Waals surface area contributed by atoms with Gasteiger partial charge in [-0.1, -0.05) is 222 Å². The molecule has 60 heavy (non-hydrogen) atoms. The number of carbonyl (C=O) groups excluding carboxylic acids is 2. The molecule has 1 unspecified atom stereocenters. The van der Waals surface area contributed by atoms with E-state index < -0.39 is 6.10 Å². The topological polar surface area (TPSA) is 61.8 Å². The van der Waals surface area contributed by atoms with Gasteiger partial charge in [0.15, 0.2) is 6.10 Å². The lowest BCUT2D eigenvalue weighted by molar-refractivity contribution is -0.162. The van der Waals surface area contributed by atoms with Crippen LogP contribution in [0.25, 0.3) is 0 Å². The smallest absolute Gasteiger partial charge is 0.306 e. The summed E-state index contributed by atoms with van der Waals surface area (Å²) in [5.74, 6) is -0.495. The summed E-state index contributed by atoms with van der Waals surface area (Å²) in [6.45, 7) is 7.62. The van der Waals surface area contributed by atoms with Gasteiger partial charge in [0.25, 0.3) is 0 Å². The van der Waals surface area contributed by atoms with Gasteiger partial charge in [0.05, 0.1) is 6.61 Å². The van der Waals surface area contributed by atoms with Crippen molar-refractivity contribution in [3.05, 3.63) is 72.9 Å². The normalized spacial score (nSPS) is 12.8. The lowest BCUT2D eigenvalue weighted by atomic mass is 10.0. The molecule has 0 spiro atoms. The number of hydrogen-bond donors (Lipinski definition) is 0. The van der Waals surface area contributed by atoms with Gasteiger partial charge in [0.1, 0.15) is 6.61 Å². The highest BCUT2D eigenvalue weighted by Crippen LogP contribution is 2.14. The van der Waals surface area contributed by atoms with Crippen molar-refractivity contribution in [1.29, 1.82) is 0 Å². The van der Waals surface area contributed by atoms with Crippen LogP contribution in [-0.4, -0.2) is 37.9 Å². The van der Waals surface area contributed by atoms with Crippen molar-refractivity contribution < 1.29 is 23.8 Å². The Bertz CT molecular complexity index is 1080. The number of allylic oxidation sites excluding steroid dienone is 12. The van der Waals surface area contributed by atoms with E-state index in [1.54, 1.807) is 0 Å². The molecule has 0 aromatic heterocycles. The Labute approximate surface area is 372 Å². The van der Waals surface area contributed by atoms with Crippen LogP contribution in [0.1, 0.15) is 239 Å². The van der Waals surface area contributed by atoms with Crippen molar-refractivity contribution in [1.82, 2.24) is 0 Å². The number of carbonyl (C=O) groups is 2. The largest absolute Gasteiger partial charge is 0.462 e. The van der Waals surface area contributed by atoms with Gasteiger partial charge in [-0.25, -0.2) is 0 Å². The molecule has 0 bridgehead atoms. The Morgan fingerprint density at radius 3 is 1.30 bits per heavy atom. The monoisotopic (exact) mass is 837 g/mol. The Kier molecular flexibility index (Phi) is 48.4. The average Bonchev–Trinajstić information content (AvgIpc) is 3.25. The van der Waals surface area contributed by atoms with E-state index in [4.69, 9.17) is 14.2 Å². The van der Waals surface area contributed by atoms with E-state index in [9.17, 15) is 9.59 Å². The second-order valence-electron chi connectivity index (χ2n) is 16.7.